The number of halogens is 3. The average molecular weight is 297 g/mol. The van der Waals surface area contributed by atoms with Gasteiger partial charge in [-0.15, -0.1) is 10.2 Å². The third kappa shape index (κ3) is 2.27. The van der Waals surface area contributed by atoms with Gasteiger partial charge in [-0.05, 0) is 24.3 Å². The van der Waals surface area contributed by atoms with Crippen LogP contribution in [0.2, 0.25) is 5.15 Å². The lowest BCUT2D eigenvalue weighted by molar-refractivity contribution is -0.0498. The first-order valence-electron chi connectivity index (χ1n) is 5.55. The lowest BCUT2D eigenvalue weighted by Crippen LogP contribution is -2.01. The molecule has 5 nitrogen and oxygen atoms in total. The summed E-state index contributed by atoms with van der Waals surface area (Å²) in [5, 5.41) is 8.19. The normalized spacial score (nSPS) is 11.2. The van der Waals surface area contributed by atoms with Crippen LogP contribution in [-0.4, -0.2) is 26.2 Å². The summed E-state index contributed by atoms with van der Waals surface area (Å²) in [7, 11) is 0. The van der Waals surface area contributed by atoms with Crippen molar-refractivity contribution in [2.75, 3.05) is 0 Å². The summed E-state index contributed by atoms with van der Waals surface area (Å²) in [6, 6.07) is 6.10. The third-order valence-electron chi connectivity index (χ3n) is 2.62. The number of nitrogens with zero attached hydrogens (tertiary/aromatic N) is 4. The van der Waals surface area contributed by atoms with Crippen LogP contribution >= 0.6 is 11.6 Å². The Morgan fingerprint density at radius 1 is 1.15 bits per heavy atom. The number of benzene rings is 1. The number of alkyl halides is 2. The Morgan fingerprint density at radius 2 is 1.90 bits per heavy atom. The molecule has 20 heavy (non-hydrogen) atoms. The van der Waals surface area contributed by atoms with Gasteiger partial charge >= 0.3 is 6.61 Å². The highest BCUT2D eigenvalue weighted by atomic mass is 35.5. The van der Waals surface area contributed by atoms with E-state index >= 15 is 0 Å². The van der Waals surface area contributed by atoms with Crippen molar-refractivity contribution in [1.82, 2.24) is 19.6 Å². The molecule has 0 aliphatic rings. The Hall–Kier alpha value is -2.28. The van der Waals surface area contributed by atoms with E-state index in [4.69, 9.17) is 11.6 Å². The van der Waals surface area contributed by atoms with Gasteiger partial charge in [0, 0.05) is 18.0 Å². The number of ether oxygens (including phenoxy) is 1. The summed E-state index contributed by atoms with van der Waals surface area (Å²) >= 11 is 5.90. The number of hydrogen-bond acceptors (Lipinski definition) is 4. The molecule has 0 atom stereocenters. The Morgan fingerprint density at radius 3 is 2.60 bits per heavy atom. The van der Waals surface area contributed by atoms with Crippen molar-refractivity contribution in [2.45, 2.75) is 6.61 Å². The predicted octanol–water partition coefficient (Wildman–Crippen LogP) is 3.05. The van der Waals surface area contributed by atoms with Gasteiger partial charge in [-0.3, -0.25) is 4.40 Å². The first kappa shape index (κ1) is 12.7. The first-order chi connectivity index (χ1) is 9.65. The topological polar surface area (TPSA) is 52.3 Å². The van der Waals surface area contributed by atoms with E-state index in [2.05, 4.69) is 19.9 Å². The quantitative estimate of drug-likeness (QED) is 0.745. The molecule has 2 heterocycles. The average Bonchev–Trinajstić information content (AvgIpc) is 2.84. The van der Waals surface area contributed by atoms with Gasteiger partial charge in [0.05, 0.1) is 0 Å². The molecule has 102 valence electrons. The predicted molar refractivity (Wildman–Crippen MR) is 67.9 cm³/mol. The molecule has 8 heteroatoms. The van der Waals surface area contributed by atoms with Crippen LogP contribution in [0.25, 0.3) is 17.0 Å². The van der Waals surface area contributed by atoms with Gasteiger partial charge in [0.2, 0.25) is 0 Å². The van der Waals surface area contributed by atoms with Crippen molar-refractivity contribution in [1.29, 1.82) is 0 Å². The number of aromatic nitrogens is 4. The van der Waals surface area contributed by atoms with E-state index in [9.17, 15) is 8.78 Å². The van der Waals surface area contributed by atoms with Crippen molar-refractivity contribution in [2.24, 2.45) is 0 Å². The zero-order valence-electron chi connectivity index (χ0n) is 9.87. The standard InChI is InChI=1S/C12H7ClF2N4O/c13-9-11-18-17-10(19(11)6-5-16-9)7-1-3-8(4-2-7)20-12(14)15/h1-6,12H. The van der Waals surface area contributed by atoms with Gasteiger partial charge in [-0.2, -0.15) is 8.78 Å². The molecule has 0 aliphatic heterocycles. The molecule has 0 bridgehead atoms. The molecule has 2 aromatic heterocycles. The first-order valence-corrected chi connectivity index (χ1v) is 5.93. The number of fused-ring (bicyclic) bond motifs is 1. The number of hydrogen-bond donors (Lipinski definition) is 0. The van der Waals surface area contributed by atoms with Crippen molar-refractivity contribution in [3.05, 3.63) is 41.8 Å². The van der Waals surface area contributed by atoms with Crippen LogP contribution in [0.1, 0.15) is 0 Å². The molecule has 0 spiro atoms. The molecule has 0 aliphatic carbocycles. The van der Waals surface area contributed by atoms with Crippen molar-refractivity contribution >= 4 is 17.2 Å². The lowest BCUT2D eigenvalue weighted by Gasteiger charge is -2.05. The summed E-state index contributed by atoms with van der Waals surface area (Å²) in [5.74, 6) is 0.616. The fraction of sp³-hybridized carbons (Fsp3) is 0.0833. The van der Waals surface area contributed by atoms with Crippen LogP contribution in [0.5, 0.6) is 5.75 Å². The van der Waals surface area contributed by atoms with Crippen molar-refractivity contribution < 1.29 is 13.5 Å². The van der Waals surface area contributed by atoms with Gasteiger partial charge in [0.25, 0.3) is 0 Å². The second-order valence-electron chi connectivity index (χ2n) is 3.84. The van der Waals surface area contributed by atoms with Crippen LogP contribution in [-0.2, 0) is 0 Å². The van der Waals surface area contributed by atoms with Crippen molar-refractivity contribution in [3.8, 4) is 17.1 Å². The third-order valence-corrected chi connectivity index (χ3v) is 2.89. The highest BCUT2D eigenvalue weighted by Gasteiger charge is 2.11. The molecule has 0 saturated carbocycles. The molecule has 0 unspecified atom stereocenters. The molecular weight excluding hydrogens is 290 g/mol. The van der Waals surface area contributed by atoms with E-state index in [0.29, 0.717) is 17.0 Å². The van der Waals surface area contributed by atoms with Gasteiger partial charge in [-0.1, -0.05) is 11.6 Å². The molecule has 1 aromatic carbocycles. The van der Waals surface area contributed by atoms with Gasteiger partial charge in [0.1, 0.15) is 5.75 Å². The van der Waals surface area contributed by atoms with Gasteiger partial charge < -0.3 is 4.74 Å². The fourth-order valence-electron chi connectivity index (χ4n) is 1.78. The SMILES string of the molecule is FC(F)Oc1ccc(-c2nnc3c(Cl)nccn23)cc1. The van der Waals surface area contributed by atoms with Crippen LogP contribution in [0, 0.1) is 0 Å². The maximum atomic E-state index is 12.1. The zero-order valence-corrected chi connectivity index (χ0v) is 10.6. The van der Waals surface area contributed by atoms with E-state index in [-0.39, 0.29) is 10.9 Å². The Balaban J connectivity index is 2.01. The summed E-state index contributed by atoms with van der Waals surface area (Å²) in [5.41, 5.74) is 1.12. The molecule has 3 aromatic rings. The monoisotopic (exact) mass is 296 g/mol. The molecule has 0 N–H and O–H groups in total. The van der Waals surface area contributed by atoms with Crippen LogP contribution in [0.4, 0.5) is 8.78 Å². The maximum Gasteiger partial charge on any atom is 0.387 e. The van der Waals surface area contributed by atoms with Crippen LogP contribution < -0.4 is 4.74 Å². The molecule has 0 radical (unpaired) electrons. The Bertz CT molecular complexity index is 745. The summed E-state index contributed by atoms with van der Waals surface area (Å²) in [6.07, 6.45) is 3.19. The molecule has 0 saturated heterocycles. The molecular formula is C12H7ClF2N4O. The van der Waals surface area contributed by atoms with E-state index in [1.807, 2.05) is 0 Å². The molecule has 3 rings (SSSR count). The van der Waals surface area contributed by atoms with Crippen molar-refractivity contribution in [3.63, 3.8) is 0 Å². The highest BCUT2D eigenvalue weighted by Crippen LogP contribution is 2.23. The largest absolute Gasteiger partial charge is 0.435 e. The molecule has 0 fully saturated rings. The van der Waals surface area contributed by atoms with E-state index < -0.39 is 6.61 Å². The summed E-state index contributed by atoms with van der Waals surface area (Å²) in [6.45, 7) is -2.85. The van der Waals surface area contributed by atoms with E-state index in [1.165, 1.54) is 18.3 Å². The summed E-state index contributed by atoms with van der Waals surface area (Å²) < 4.78 is 30.1. The summed E-state index contributed by atoms with van der Waals surface area (Å²) in [4.78, 5) is 3.90. The van der Waals surface area contributed by atoms with Gasteiger partial charge in [-0.25, -0.2) is 4.98 Å². The van der Waals surface area contributed by atoms with Crippen LogP contribution in [0.15, 0.2) is 36.7 Å². The van der Waals surface area contributed by atoms with Crippen LogP contribution in [0.3, 0.4) is 0 Å². The minimum Gasteiger partial charge on any atom is -0.435 e. The zero-order chi connectivity index (χ0) is 14.1. The minimum absolute atomic E-state index is 0.0808. The Labute approximate surface area is 116 Å². The van der Waals surface area contributed by atoms with E-state index in [0.717, 1.165) is 0 Å². The second-order valence-corrected chi connectivity index (χ2v) is 4.20. The smallest absolute Gasteiger partial charge is 0.387 e. The highest BCUT2D eigenvalue weighted by molar-refractivity contribution is 6.32. The second kappa shape index (κ2) is 5.01. The van der Waals surface area contributed by atoms with E-state index in [1.54, 1.807) is 22.7 Å². The lowest BCUT2D eigenvalue weighted by atomic mass is 10.2. The Kier molecular flexibility index (Phi) is 3.19. The fourth-order valence-corrected chi connectivity index (χ4v) is 1.96. The minimum atomic E-state index is -2.85. The molecule has 0 amide bonds. The number of rotatable bonds is 3. The van der Waals surface area contributed by atoms with Gasteiger partial charge in [0.15, 0.2) is 16.6 Å². The maximum absolute atomic E-state index is 12.1.